The SMILES string of the molecule is CCC(Br)C(=O)Nc1ccc(F)cn1. The minimum atomic E-state index is -0.422. The van der Waals surface area contributed by atoms with Gasteiger partial charge in [0.25, 0.3) is 0 Å². The van der Waals surface area contributed by atoms with E-state index in [-0.39, 0.29) is 10.7 Å². The number of rotatable bonds is 3. The molecule has 1 unspecified atom stereocenters. The molecule has 1 atom stereocenters. The molecule has 0 fully saturated rings. The zero-order valence-corrected chi connectivity index (χ0v) is 9.21. The lowest BCUT2D eigenvalue weighted by atomic mass is 10.3. The van der Waals surface area contributed by atoms with E-state index in [0.29, 0.717) is 12.2 Å². The van der Waals surface area contributed by atoms with Crippen molar-refractivity contribution >= 4 is 27.7 Å². The van der Waals surface area contributed by atoms with Crippen molar-refractivity contribution in [2.45, 2.75) is 18.2 Å². The molecule has 1 N–H and O–H groups in total. The van der Waals surface area contributed by atoms with Crippen LogP contribution in [0.15, 0.2) is 18.3 Å². The highest BCUT2D eigenvalue weighted by Gasteiger charge is 2.12. The molecule has 0 radical (unpaired) electrons. The van der Waals surface area contributed by atoms with Gasteiger partial charge in [0.1, 0.15) is 11.6 Å². The number of hydrogen-bond acceptors (Lipinski definition) is 2. The van der Waals surface area contributed by atoms with Crippen LogP contribution in [0.3, 0.4) is 0 Å². The average molecular weight is 261 g/mol. The maximum absolute atomic E-state index is 12.5. The number of anilines is 1. The van der Waals surface area contributed by atoms with Crippen molar-refractivity contribution in [2.75, 3.05) is 5.32 Å². The highest BCUT2D eigenvalue weighted by atomic mass is 79.9. The first kappa shape index (κ1) is 11.1. The molecule has 1 amide bonds. The molecule has 1 aromatic heterocycles. The summed E-state index contributed by atoms with van der Waals surface area (Å²) in [6.45, 7) is 1.89. The van der Waals surface area contributed by atoms with Crippen molar-refractivity contribution in [3.05, 3.63) is 24.1 Å². The fourth-order valence-corrected chi connectivity index (χ4v) is 0.954. The third kappa shape index (κ3) is 3.06. The van der Waals surface area contributed by atoms with E-state index in [1.807, 2.05) is 6.92 Å². The normalized spacial score (nSPS) is 12.2. The Kier molecular flexibility index (Phi) is 4.00. The third-order valence-electron chi connectivity index (χ3n) is 1.62. The van der Waals surface area contributed by atoms with Crippen LogP contribution < -0.4 is 5.32 Å². The van der Waals surface area contributed by atoms with Crippen LogP contribution in [0.1, 0.15) is 13.3 Å². The summed E-state index contributed by atoms with van der Waals surface area (Å²) in [7, 11) is 0. The van der Waals surface area contributed by atoms with Gasteiger partial charge in [0.2, 0.25) is 5.91 Å². The molecule has 1 aromatic rings. The van der Waals surface area contributed by atoms with Gasteiger partial charge in [-0.3, -0.25) is 4.79 Å². The van der Waals surface area contributed by atoms with E-state index in [9.17, 15) is 9.18 Å². The molecular weight excluding hydrogens is 251 g/mol. The van der Waals surface area contributed by atoms with Crippen molar-refractivity contribution in [3.8, 4) is 0 Å². The van der Waals surface area contributed by atoms with Crippen molar-refractivity contribution in [1.29, 1.82) is 0 Å². The predicted octanol–water partition coefficient (Wildman–Crippen LogP) is 2.33. The Morgan fingerprint density at radius 1 is 1.71 bits per heavy atom. The second-order valence-electron chi connectivity index (χ2n) is 2.73. The monoisotopic (exact) mass is 260 g/mol. The van der Waals surface area contributed by atoms with Crippen molar-refractivity contribution in [3.63, 3.8) is 0 Å². The predicted molar refractivity (Wildman–Crippen MR) is 55.8 cm³/mol. The van der Waals surface area contributed by atoms with Crippen molar-refractivity contribution in [2.24, 2.45) is 0 Å². The molecule has 1 heterocycles. The Balaban J connectivity index is 2.60. The second kappa shape index (κ2) is 5.05. The number of carbonyl (C=O) groups is 1. The molecule has 0 spiro atoms. The zero-order valence-electron chi connectivity index (χ0n) is 7.63. The number of pyridine rings is 1. The first-order valence-electron chi connectivity index (χ1n) is 4.20. The van der Waals surface area contributed by atoms with Gasteiger partial charge < -0.3 is 5.32 Å². The Labute approximate surface area is 89.9 Å². The molecule has 0 aliphatic carbocycles. The minimum Gasteiger partial charge on any atom is -0.310 e. The Bertz CT molecular complexity index is 315. The first-order valence-corrected chi connectivity index (χ1v) is 5.11. The molecule has 0 saturated carbocycles. The summed E-state index contributed by atoms with van der Waals surface area (Å²) in [4.78, 5) is 14.8. The van der Waals surface area contributed by atoms with Crippen LogP contribution in [0.4, 0.5) is 10.2 Å². The number of hydrogen-bond donors (Lipinski definition) is 1. The molecule has 1 rings (SSSR count). The molecule has 0 saturated heterocycles. The molecular formula is C9H10BrFN2O. The summed E-state index contributed by atoms with van der Waals surface area (Å²) in [5.74, 6) is -0.241. The van der Waals surface area contributed by atoms with Gasteiger partial charge in [0.15, 0.2) is 0 Å². The van der Waals surface area contributed by atoms with Gasteiger partial charge in [-0.05, 0) is 18.6 Å². The van der Waals surface area contributed by atoms with Gasteiger partial charge in [-0.2, -0.15) is 0 Å². The highest BCUT2D eigenvalue weighted by molar-refractivity contribution is 9.10. The van der Waals surface area contributed by atoms with E-state index < -0.39 is 5.82 Å². The van der Waals surface area contributed by atoms with Crippen LogP contribution in [0.2, 0.25) is 0 Å². The molecule has 3 nitrogen and oxygen atoms in total. The average Bonchev–Trinajstić information content (AvgIpc) is 2.20. The standard InChI is InChI=1S/C9H10BrFN2O/c1-2-7(10)9(14)13-8-4-3-6(11)5-12-8/h3-5,7H,2H2,1H3,(H,12,13,14). The molecule has 0 aliphatic rings. The van der Waals surface area contributed by atoms with Gasteiger partial charge in [-0.1, -0.05) is 22.9 Å². The van der Waals surface area contributed by atoms with Gasteiger partial charge in [-0.15, -0.1) is 0 Å². The summed E-state index contributed by atoms with van der Waals surface area (Å²) < 4.78 is 12.5. The first-order chi connectivity index (χ1) is 6.63. The molecule has 5 heteroatoms. The molecule has 76 valence electrons. The Morgan fingerprint density at radius 3 is 2.93 bits per heavy atom. The highest BCUT2D eigenvalue weighted by Crippen LogP contribution is 2.09. The van der Waals surface area contributed by atoms with E-state index in [1.54, 1.807) is 0 Å². The molecule has 14 heavy (non-hydrogen) atoms. The van der Waals surface area contributed by atoms with Gasteiger partial charge in [0.05, 0.1) is 11.0 Å². The number of halogens is 2. The summed E-state index contributed by atoms with van der Waals surface area (Å²) in [6.07, 6.45) is 1.75. The zero-order chi connectivity index (χ0) is 10.6. The van der Waals surface area contributed by atoms with Crippen molar-refractivity contribution < 1.29 is 9.18 Å². The van der Waals surface area contributed by atoms with Crippen LogP contribution in [-0.4, -0.2) is 15.7 Å². The van der Waals surface area contributed by atoms with Crippen molar-refractivity contribution in [1.82, 2.24) is 4.98 Å². The third-order valence-corrected chi connectivity index (χ3v) is 2.68. The fourth-order valence-electron chi connectivity index (χ4n) is 0.840. The van der Waals surface area contributed by atoms with Gasteiger partial charge in [-0.25, -0.2) is 9.37 Å². The van der Waals surface area contributed by atoms with Crippen LogP contribution in [0.25, 0.3) is 0 Å². The number of carbonyl (C=O) groups excluding carboxylic acids is 1. The molecule has 0 aliphatic heterocycles. The van der Waals surface area contributed by atoms with Crippen LogP contribution in [0, 0.1) is 5.82 Å². The quantitative estimate of drug-likeness (QED) is 0.848. The van der Waals surface area contributed by atoms with Crippen LogP contribution >= 0.6 is 15.9 Å². The van der Waals surface area contributed by atoms with E-state index in [2.05, 4.69) is 26.2 Å². The smallest absolute Gasteiger partial charge is 0.239 e. The maximum Gasteiger partial charge on any atom is 0.239 e. The molecule has 0 bridgehead atoms. The summed E-state index contributed by atoms with van der Waals surface area (Å²) in [6, 6.07) is 2.67. The van der Waals surface area contributed by atoms with E-state index in [4.69, 9.17) is 0 Å². The summed E-state index contributed by atoms with van der Waals surface area (Å²) >= 11 is 3.20. The number of nitrogens with zero attached hydrogens (tertiary/aromatic N) is 1. The lowest BCUT2D eigenvalue weighted by Gasteiger charge is -2.07. The van der Waals surface area contributed by atoms with Gasteiger partial charge in [0, 0.05) is 0 Å². The second-order valence-corrected chi connectivity index (χ2v) is 3.83. The summed E-state index contributed by atoms with van der Waals surface area (Å²) in [5.41, 5.74) is 0. The van der Waals surface area contributed by atoms with Crippen LogP contribution in [0.5, 0.6) is 0 Å². The number of amides is 1. The number of aromatic nitrogens is 1. The van der Waals surface area contributed by atoms with E-state index in [0.717, 1.165) is 6.20 Å². The fraction of sp³-hybridized carbons (Fsp3) is 0.333. The minimum absolute atomic E-state index is 0.174. The maximum atomic E-state index is 12.5. The Hall–Kier alpha value is -0.970. The summed E-state index contributed by atoms with van der Waals surface area (Å²) in [5, 5.41) is 2.56. The lowest BCUT2D eigenvalue weighted by molar-refractivity contribution is -0.115. The molecule has 0 aromatic carbocycles. The Morgan fingerprint density at radius 2 is 2.43 bits per heavy atom. The largest absolute Gasteiger partial charge is 0.310 e. The van der Waals surface area contributed by atoms with Gasteiger partial charge >= 0.3 is 0 Å². The van der Waals surface area contributed by atoms with E-state index in [1.165, 1.54) is 12.1 Å². The van der Waals surface area contributed by atoms with E-state index >= 15 is 0 Å². The number of nitrogens with one attached hydrogen (secondary N) is 1. The number of alkyl halides is 1. The topological polar surface area (TPSA) is 42.0 Å². The van der Waals surface area contributed by atoms with Crippen LogP contribution in [-0.2, 0) is 4.79 Å². The lowest BCUT2D eigenvalue weighted by Crippen LogP contribution is -2.22.